The third-order valence-corrected chi connectivity index (χ3v) is 4.85. The lowest BCUT2D eigenvalue weighted by Gasteiger charge is -2.34. The highest BCUT2D eigenvalue weighted by Gasteiger charge is 2.30. The molecule has 0 saturated carbocycles. The summed E-state index contributed by atoms with van der Waals surface area (Å²) in [4.78, 5) is 21.5. The fraction of sp³-hybridized carbons (Fsp3) is 0.714. The van der Waals surface area contributed by atoms with Gasteiger partial charge in [-0.25, -0.2) is 4.98 Å². The van der Waals surface area contributed by atoms with Crippen LogP contribution >= 0.6 is 11.3 Å². The molecule has 7 heteroatoms. The number of hydrogen-bond acceptors (Lipinski definition) is 6. The Morgan fingerprint density at radius 2 is 2.33 bits per heavy atom. The van der Waals surface area contributed by atoms with E-state index in [1.807, 2.05) is 16.8 Å². The lowest BCUT2D eigenvalue weighted by atomic mass is 10.1. The normalized spacial score (nSPS) is 18.8. The number of amides is 1. The van der Waals surface area contributed by atoms with Crippen LogP contribution in [0.15, 0.2) is 0 Å². The van der Waals surface area contributed by atoms with Crippen LogP contribution in [0.25, 0.3) is 0 Å². The van der Waals surface area contributed by atoms with Crippen molar-refractivity contribution in [3.05, 3.63) is 4.88 Å². The summed E-state index contributed by atoms with van der Waals surface area (Å²) in [7, 11) is 1.97. The Morgan fingerprint density at radius 3 is 3.00 bits per heavy atom. The summed E-state index contributed by atoms with van der Waals surface area (Å²) in [5.41, 5.74) is 5.96. The molecule has 1 atom stereocenters. The maximum Gasteiger partial charge on any atom is 0.268 e. The molecule has 2 heterocycles. The van der Waals surface area contributed by atoms with E-state index in [0.717, 1.165) is 24.5 Å². The molecule has 1 saturated heterocycles. The fourth-order valence-corrected chi connectivity index (χ4v) is 3.39. The molecule has 0 spiro atoms. The van der Waals surface area contributed by atoms with Crippen LogP contribution in [0.3, 0.4) is 0 Å². The van der Waals surface area contributed by atoms with Crippen molar-refractivity contribution < 1.29 is 9.53 Å². The number of thiazole rings is 1. The Labute approximate surface area is 129 Å². The Hall–Kier alpha value is -1.34. The third-order valence-electron chi connectivity index (χ3n) is 3.68. The molecule has 0 bridgehead atoms. The van der Waals surface area contributed by atoms with Crippen LogP contribution in [-0.2, 0) is 4.74 Å². The molecule has 2 N–H and O–H groups in total. The summed E-state index contributed by atoms with van der Waals surface area (Å²) in [6, 6.07) is 0.129. The molecular formula is C14H24N4O2S. The number of nitrogens with two attached hydrogens (primary N) is 1. The van der Waals surface area contributed by atoms with Gasteiger partial charge in [0.1, 0.15) is 10.7 Å². The van der Waals surface area contributed by atoms with Gasteiger partial charge in [0.15, 0.2) is 5.13 Å². The van der Waals surface area contributed by atoms with E-state index >= 15 is 0 Å². The lowest BCUT2D eigenvalue weighted by molar-refractivity contribution is -0.00249. The highest BCUT2D eigenvalue weighted by atomic mass is 32.1. The number of rotatable bonds is 5. The smallest absolute Gasteiger partial charge is 0.268 e. The van der Waals surface area contributed by atoms with Gasteiger partial charge in [-0.1, -0.05) is 25.2 Å². The van der Waals surface area contributed by atoms with Gasteiger partial charge in [0, 0.05) is 20.1 Å². The number of nitrogens with zero attached hydrogens (tertiary/aromatic N) is 3. The molecule has 6 nitrogen and oxygen atoms in total. The van der Waals surface area contributed by atoms with Crippen molar-refractivity contribution >= 4 is 28.2 Å². The topological polar surface area (TPSA) is 71.7 Å². The largest absolute Gasteiger partial charge is 0.382 e. The first-order valence-electron chi connectivity index (χ1n) is 7.44. The highest BCUT2D eigenvalue weighted by Crippen LogP contribution is 2.29. The number of nitrogen functional groups attached to an aromatic ring is 1. The first kappa shape index (κ1) is 16.0. The van der Waals surface area contributed by atoms with Gasteiger partial charge in [0.25, 0.3) is 5.91 Å². The summed E-state index contributed by atoms with van der Waals surface area (Å²) < 4.78 is 5.45. The molecule has 1 unspecified atom stereocenters. The maximum atomic E-state index is 12.7. The van der Waals surface area contributed by atoms with E-state index in [1.165, 1.54) is 11.3 Å². The molecule has 21 heavy (non-hydrogen) atoms. The van der Waals surface area contributed by atoms with Gasteiger partial charge < -0.3 is 20.3 Å². The third kappa shape index (κ3) is 3.47. The van der Waals surface area contributed by atoms with Crippen LogP contribution in [0.1, 0.15) is 36.4 Å². The van der Waals surface area contributed by atoms with E-state index < -0.39 is 0 Å². The van der Waals surface area contributed by atoms with Crippen molar-refractivity contribution in [2.45, 2.75) is 32.7 Å². The molecule has 0 radical (unpaired) electrons. The zero-order chi connectivity index (χ0) is 15.4. The van der Waals surface area contributed by atoms with Crippen molar-refractivity contribution in [2.75, 3.05) is 44.0 Å². The molecular weight excluding hydrogens is 288 g/mol. The molecule has 1 aromatic rings. The van der Waals surface area contributed by atoms with Crippen molar-refractivity contribution in [3.8, 4) is 0 Å². The molecule has 118 valence electrons. The molecule has 2 rings (SSSR count). The van der Waals surface area contributed by atoms with E-state index in [-0.39, 0.29) is 11.9 Å². The van der Waals surface area contributed by atoms with E-state index in [4.69, 9.17) is 10.5 Å². The second kappa shape index (κ2) is 7.09. The standard InChI is InChI=1S/C14H24N4O2S/c1-4-6-17(3)14-16-12(15)11(21-14)13(19)18-7-8-20-9-10(18)5-2/h10H,4-9,15H2,1-3H3. The van der Waals surface area contributed by atoms with Gasteiger partial charge >= 0.3 is 0 Å². The lowest BCUT2D eigenvalue weighted by Crippen LogP contribution is -2.48. The average Bonchev–Trinajstić information content (AvgIpc) is 2.89. The number of anilines is 2. The molecule has 1 aliphatic heterocycles. The van der Waals surface area contributed by atoms with Crippen molar-refractivity contribution in [3.63, 3.8) is 0 Å². The monoisotopic (exact) mass is 312 g/mol. The zero-order valence-electron chi connectivity index (χ0n) is 13.0. The first-order chi connectivity index (χ1) is 10.1. The SMILES string of the molecule is CCCN(C)c1nc(N)c(C(=O)N2CCOCC2CC)s1. The Bertz CT molecular complexity index is 491. The van der Waals surface area contributed by atoms with Crippen LogP contribution in [-0.4, -0.2) is 55.2 Å². The zero-order valence-corrected chi connectivity index (χ0v) is 13.8. The Morgan fingerprint density at radius 1 is 1.57 bits per heavy atom. The summed E-state index contributed by atoms with van der Waals surface area (Å²) in [5.74, 6) is 0.320. The number of hydrogen-bond donors (Lipinski definition) is 1. The summed E-state index contributed by atoms with van der Waals surface area (Å²) in [6.07, 6.45) is 1.91. The second-order valence-corrected chi connectivity index (χ2v) is 6.25. The van der Waals surface area contributed by atoms with Crippen LogP contribution in [0.2, 0.25) is 0 Å². The quantitative estimate of drug-likeness (QED) is 0.898. The summed E-state index contributed by atoms with van der Waals surface area (Å²) in [6.45, 7) is 6.88. The second-order valence-electron chi connectivity index (χ2n) is 5.27. The van der Waals surface area contributed by atoms with E-state index in [2.05, 4.69) is 18.8 Å². The molecule has 1 aromatic heterocycles. The number of ether oxygens (including phenoxy) is 1. The van der Waals surface area contributed by atoms with Gasteiger partial charge in [-0.05, 0) is 12.8 Å². The fourth-order valence-electron chi connectivity index (χ4n) is 2.46. The maximum absolute atomic E-state index is 12.7. The predicted octanol–water partition coefficient (Wildman–Crippen LogP) is 1.82. The summed E-state index contributed by atoms with van der Waals surface area (Å²) in [5, 5.41) is 0.805. The Kier molecular flexibility index (Phi) is 5.41. The van der Waals surface area contributed by atoms with E-state index in [1.54, 1.807) is 0 Å². The van der Waals surface area contributed by atoms with Gasteiger partial charge in [-0.3, -0.25) is 4.79 Å². The minimum Gasteiger partial charge on any atom is -0.382 e. The van der Waals surface area contributed by atoms with Crippen molar-refractivity contribution in [1.29, 1.82) is 0 Å². The van der Waals surface area contributed by atoms with Crippen molar-refractivity contribution in [1.82, 2.24) is 9.88 Å². The van der Waals surface area contributed by atoms with Crippen LogP contribution in [0, 0.1) is 0 Å². The number of aromatic nitrogens is 1. The molecule has 0 aliphatic carbocycles. The van der Waals surface area contributed by atoms with Crippen LogP contribution in [0.4, 0.5) is 10.9 Å². The van der Waals surface area contributed by atoms with Gasteiger partial charge in [-0.15, -0.1) is 0 Å². The number of carbonyl (C=O) groups excluding carboxylic acids is 1. The predicted molar refractivity (Wildman–Crippen MR) is 86.0 cm³/mol. The number of morpholine rings is 1. The molecule has 0 aromatic carbocycles. The highest BCUT2D eigenvalue weighted by molar-refractivity contribution is 7.18. The molecule has 1 fully saturated rings. The van der Waals surface area contributed by atoms with E-state index in [9.17, 15) is 4.79 Å². The first-order valence-corrected chi connectivity index (χ1v) is 8.26. The van der Waals surface area contributed by atoms with Crippen molar-refractivity contribution in [2.24, 2.45) is 0 Å². The van der Waals surface area contributed by atoms with Gasteiger partial charge in [-0.2, -0.15) is 0 Å². The van der Waals surface area contributed by atoms with E-state index in [0.29, 0.717) is 30.5 Å². The average molecular weight is 312 g/mol. The van der Waals surface area contributed by atoms with Crippen LogP contribution < -0.4 is 10.6 Å². The molecule has 1 aliphatic rings. The number of carbonyl (C=O) groups is 1. The van der Waals surface area contributed by atoms with Crippen LogP contribution in [0.5, 0.6) is 0 Å². The minimum atomic E-state index is -0.0173. The van der Waals surface area contributed by atoms with Gasteiger partial charge in [0.05, 0.1) is 19.3 Å². The molecule has 1 amide bonds. The van der Waals surface area contributed by atoms with Gasteiger partial charge in [0.2, 0.25) is 0 Å². The summed E-state index contributed by atoms with van der Waals surface area (Å²) >= 11 is 1.38. The minimum absolute atomic E-state index is 0.0173. The Balaban J connectivity index is 2.18.